The van der Waals surface area contributed by atoms with Crippen LogP contribution in [0.3, 0.4) is 0 Å². The number of carboxylic acids is 2. The fourth-order valence-electron chi connectivity index (χ4n) is 5.96. The van der Waals surface area contributed by atoms with E-state index in [2.05, 4.69) is 11.0 Å². The van der Waals surface area contributed by atoms with Crippen molar-refractivity contribution < 1.29 is 29.3 Å². The molecular weight excluding hydrogens is 508 g/mol. The number of carbonyl (C=O) groups is 3. The van der Waals surface area contributed by atoms with Crippen LogP contribution in [0.2, 0.25) is 0 Å². The molecule has 1 unspecified atom stereocenters. The second kappa shape index (κ2) is 14.8. The minimum atomic E-state index is -0.906. The first kappa shape index (κ1) is 29.6. The Bertz CT molecular complexity index is 1170. The summed E-state index contributed by atoms with van der Waals surface area (Å²) in [4.78, 5) is 38.8. The molecule has 1 atom stereocenters. The summed E-state index contributed by atoms with van der Waals surface area (Å²) in [6, 6.07) is 13.8. The van der Waals surface area contributed by atoms with E-state index >= 15 is 0 Å². The number of hydrogen-bond acceptors (Lipinski definition) is 5. The number of carboxylic acid groups (broad SMARTS) is 2. The second-order valence-corrected chi connectivity index (χ2v) is 10.9. The summed E-state index contributed by atoms with van der Waals surface area (Å²) in [7, 11) is 0. The number of fused-ring (bicyclic) bond motifs is 1. The number of hydrogen-bond donors (Lipinski definition) is 2. The van der Waals surface area contributed by atoms with Crippen LogP contribution in [0, 0.1) is 0 Å². The van der Waals surface area contributed by atoms with Gasteiger partial charge in [-0.05, 0) is 99.2 Å². The van der Waals surface area contributed by atoms with Crippen molar-refractivity contribution in [2.24, 2.45) is 0 Å². The van der Waals surface area contributed by atoms with Gasteiger partial charge in [0.25, 0.3) is 0 Å². The van der Waals surface area contributed by atoms with Gasteiger partial charge in [0.15, 0.2) is 0 Å². The van der Waals surface area contributed by atoms with Crippen LogP contribution in [-0.2, 0) is 22.4 Å². The Morgan fingerprint density at radius 1 is 0.975 bits per heavy atom. The maximum Gasteiger partial charge on any atom is 0.335 e. The molecule has 2 N–H and O–H groups in total. The van der Waals surface area contributed by atoms with Crippen LogP contribution in [0.15, 0.2) is 42.5 Å². The van der Waals surface area contributed by atoms with E-state index in [1.807, 2.05) is 35.2 Å². The second-order valence-electron chi connectivity index (χ2n) is 10.9. The number of carbonyl (C=O) groups excluding carboxylic acids is 1. The van der Waals surface area contributed by atoms with Gasteiger partial charge >= 0.3 is 11.9 Å². The van der Waals surface area contributed by atoms with Crippen molar-refractivity contribution in [2.45, 2.75) is 76.7 Å². The number of para-hydroxylation sites is 1. The van der Waals surface area contributed by atoms with Gasteiger partial charge in [-0.3, -0.25) is 14.5 Å². The smallest absolute Gasteiger partial charge is 0.335 e. The van der Waals surface area contributed by atoms with Gasteiger partial charge in [0.2, 0.25) is 5.91 Å². The molecule has 0 aromatic heterocycles. The predicted molar refractivity (Wildman–Crippen MR) is 153 cm³/mol. The summed E-state index contributed by atoms with van der Waals surface area (Å²) in [5.74, 6) is -0.520. The van der Waals surface area contributed by atoms with Crippen molar-refractivity contribution in [2.75, 3.05) is 32.8 Å². The van der Waals surface area contributed by atoms with Crippen molar-refractivity contribution in [3.05, 3.63) is 64.7 Å². The quantitative estimate of drug-likeness (QED) is 0.272. The molecule has 0 spiro atoms. The zero-order valence-corrected chi connectivity index (χ0v) is 23.4. The Morgan fingerprint density at radius 3 is 2.60 bits per heavy atom. The molecule has 8 heteroatoms. The third-order valence-corrected chi connectivity index (χ3v) is 8.09. The highest BCUT2D eigenvalue weighted by Crippen LogP contribution is 2.35. The van der Waals surface area contributed by atoms with Gasteiger partial charge in [0.05, 0.1) is 12.2 Å². The standard InChI is InChI=1S/C32H42N2O6/c35-30-13-8-20-34(30)19-5-6-22-40-29-12-2-1-9-24(29)17-21-33(18-4-3-14-31(36)37)28-11-7-10-25-23-26(32(38)39)15-16-27(25)28/h1-2,9,12,15-16,23,28H,3-8,10-11,13-14,17-22H2,(H,36,37)(H,38,39). The van der Waals surface area contributed by atoms with E-state index < -0.39 is 11.9 Å². The molecule has 0 saturated carbocycles. The summed E-state index contributed by atoms with van der Waals surface area (Å²) >= 11 is 0. The number of unbranched alkanes of at least 4 members (excludes halogenated alkanes) is 2. The average Bonchev–Trinajstić information content (AvgIpc) is 3.36. The van der Waals surface area contributed by atoms with Crippen molar-refractivity contribution >= 4 is 17.8 Å². The molecule has 40 heavy (non-hydrogen) atoms. The highest BCUT2D eigenvalue weighted by atomic mass is 16.5. The largest absolute Gasteiger partial charge is 0.493 e. The molecule has 1 saturated heterocycles. The molecule has 0 bridgehead atoms. The van der Waals surface area contributed by atoms with Gasteiger partial charge < -0.3 is 19.8 Å². The number of aryl methyl sites for hydroxylation is 1. The van der Waals surface area contributed by atoms with Crippen LogP contribution in [0.4, 0.5) is 0 Å². The van der Waals surface area contributed by atoms with Crippen LogP contribution in [0.25, 0.3) is 0 Å². The lowest BCUT2D eigenvalue weighted by molar-refractivity contribution is -0.137. The highest BCUT2D eigenvalue weighted by Gasteiger charge is 2.27. The zero-order valence-electron chi connectivity index (χ0n) is 23.4. The summed E-state index contributed by atoms with van der Waals surface area (Å²) in [5.41, 5.74) is 3.76. The van der Waals surface area contributed by atoms with Crippen LogP contribution >= 0.6 is 0 Å². The van der Waals surface area contributed by atoms with E-state index in [1.165, 1.54) is 5.56 Å². The molecule has 4 rings (SSSR count). The topological polar surface area (TPSA) is 107 Å². The summed E-state index contributed by atoms with van der Waals surface area (Å²) in [6.45, 7) is 3.88. The summed E-state index contributed by atoms with van der Waals surface area (Å²) in [6.07, 6.45) is 8.73. The van der Waals surface area contributed by atoms with Crippen molar-refractivity contribution in [3.8, 4) is 5.75 Å². The number of amides is 1. The average molecular weight is 551 g/mol. The van der Waals surface area contributed by atoms with Gasteiger partial charge in [-0.2, -0.15) is 0 Å². The fraction of sp³-hybridized carbons (Fsp3) is 0.531. The normalized spacial score (nSPS) is 16.8. The van der Waals surface area contributed by atoms with E-state index in [-0.39, 0.29) is 18.4 Å². The lowest BCUT2D eigenvalue weighted by Crippen LogP contribution is -2.34. The zero-order chi connectivity index (χ0) is 28.3. The summed E-state index contributed by atoms with van der Waals surface area (Å²) < 4.78 is 6.18. The third kappa shape index (κ3) is 8.31. The number of aromatic carboxylic acids is 1. The first-order chi connectivity index (χ1) is 19.4. The Morgan fingerprint density at radius 2 is 1.82 bits per heavy atom. The molecule has 8 nitrogen and oxygen atoms in total. The number of ether oxygens (including phenoxy) is 1. The van der Waals surface area contributed by atoms with Gasteiger partial charge in [0, 0.05) is 38.5 Å². The maximum atomic E-state index is 11.8. The van der Waals surface area contributed by atoms with Crippen LogP contribution in [-0.4, -0.2) is 70.6 Å². The number of aliphatic carboxylic acids is 1. The Kier molecular flexibility index (Phi) is 11.0. The number of rotatable bonds is 16. The molecular formula is C32H42N2O6. The molecule has 1 aliphatic heterocycles. The van der Waals surface area contributed by atoms with E-state index in [0.29, 0.717) is 25.0 Å². The third-order valence-electron chi connectivity index (χ3n) is 8.09. The van der Waals surface area contributed by atoms with E-state index in [0.717, 1.165) is 94.4 Å². The van der Waals surface area contributed by atoms with E-state index in [1.54, 1.807) is 6.07 Å². The summed E-state index contributed by atoms with van der Waals surface area (Å²) in [5, 5.41) is 18.5. The van der Waals surface area contributed by atoms with Crippen molar-refractivity contribution in [1.82, 2.24) is 9.80 Å². The van der Waals surface area contributed by atoms with Crippen LogP contribution in [0.1, 0.15) is 90.9 Å². The number of benzene rings is 2. The lowest BCUT2D eigenvalue weighted by atomic mass is 9.85. The fourth-order valence-corrected chi connectivity index (χ4v) is 5.96. The van der Waals surface area contributed by atoms with Gasteiger partial charge in [-0.25, -0.2) is 4.79 Å². The molecule has 1 aliphatic carbocycles. The number of nitrogens with zero attached hydrogens (tertiary/aromatic N) is 2. The molecule has 2 aromatic carbocycles. The first-order valence-corrected chi connectivity index (χ1v) is 14.7. The monoisotopic (exact) mass is 550 g/mol. The minimum Gasteiger partial charge on any atom is -0.493 e. The Hall–Kier alpha value is -3.39. The van der Waals surface area contributed by atoms with Gasteiger partial charge in [-0.15, -0.1) is 0 Å². The minimum absolute atomic E-state index is 0.166. The van der Waals surface area contributed by atoms with Crippen LogP contribution in [0.5, 0.6) is 5.75 Å². The SMILES string of the molecule is O=C(O)CCCCN(CCc1ccccc1OCCCCN1CCCC1=O)C1CCCc2cc(C(=O)O)ccc21. The Balaban J connectivity index is 1.38. The molecule has 1 amide bonds. The molecule has 2 aliphatic rings. The van der Waals surface area contributed by atoms with Gasteiger partial charge in [-0.1, -0.05) is 24.3 Å². The Labute approximate surface area is 236 Å². The molecule has 0 radical (unpaired) electrons. The van der Waals surface area contributed by atoms with Crippen LogP contribution < -0.4 is 4.74 Å². The number of likely N-dealkylation sites (tertiary alicyclic amines) is 1. The van der Waals surface area contributed by atoms with Crippen molar-refractivity contribution in [3.63, 3.8) is 0 Å². The first-order valence-electron chi connectivity index (χ1n) is 14.7. The maximum absolute atomic E-state index is 11.8. The lowest BCUT2D eigenvalue weighted by Gasteiger charge is -2.36. The van der Waals surface area contributed by atoms with E-state index in [9.17, 15) is 19.5 Å². The molecule has 2 aromatic rings. The molecule has 216 valence electrons. The molecule has 1 heterocycles. The highest BCUT2D eigenvalue weighted by molar-refractivity contribution is 5.88. The molecule has 1 fully saturated rings. The van der Waals surface area contributed by atoms with Gasteiger partial charge in [0.1, 0.15) is 5.75 Å². The predicted octanol–water partition coefficient (Wildman–Crippen LogP) is 5.34. The van der Waals surface area contributed by atoms with E-state index in [4.69, 9.17) is 9.84 Å². The van der Waals surface area contributed by atoms with Crippen molar-refractivity contribution in [1.29, 1.82) is 0 Å².